The Hall–Kier alpha value is -5.08. The second kappa shape index (κ2) is 14.2. The molecule has 2 aromatic rings. The number of benzene rings is 2. The van der Waals surface area contributed by atoms with Crippen molar-refractivity contribution in [2.45, 2.75) is 84.2 Å². The Labute approximate surface area is 304 Å². The fourth-order valence-electron chi connectivity index (χ4n) is 6.54. The first kappa shape index (κ1) is 38.2. The SMILES string of the molecule is CC1(C)S[C@H]([C@H](NC(=O)[C@H](N)c2ccc(O)cc2)C(=O)N[C@@H](C(=O)N[C@@H]2C(=O)N3[C@@H]2SC(C)(C)[C@@H]3C(=O)O)c2ccc(O)cc2)N(N=O)[C@H]1C(=O)O. The van der Waals surface area contributed by atoms with Crippen molar-refractivity contribution in [3.05, 3.63) is 64.6 Å². The first-order valence-corrected chi connectivity index (χ1v) is 17.5. The molecule has 0 radical (unpaired) electrons. The summed E-state index contributed by atoms with van der Waals surface area (Å²) < 4.78 is -2.11. The molecule has 18 nitrogen and oxygen atoms in total. The van der Waals surface area contributed by atoms with Crippen LogP contribution in [0.3, 0.4) is 0 Å². The predicted molar refractivity (Wildman–Crippen MR) is 186 cm³/mol. The van der Waals surface area contributed by atoms with Gasteiger partial charge in [-0.25, -0.2) is 14.6 Å². The number of carbonyl (C=O) groups excluding carboxylic acids is 4. The molecule has 278 valence electrons. The normalized spacial score (nSPS) is 25.9. The number of nitroso groups, excluding NO2 is 1. The van der Waals surface area contributed by atoms with Crippen LogP contribution in [0.1, 0.15) is 50.9 Å². The van der Waals surface area contributed by atoms with Crippen LogP contribution in [-0.2, 0) is 28.8 Å². The highest BCUT2D eigenvalue weighted by molar-refractivity contribution is 8.02. The summed E-state index contributed by atoms with van der Waals surface area (Å²) in [5.74, 6) is -6.47. The molecule has 3 heterocycles. The molecule has 52 heavy (non-hydrogen) atoms. The molecular formula is C32H37N7O11S2. The Morgan fingerprint density at radius 3 is 1.83 bits per heavy atom. The van der Waals surface area contributed by atoms with E-state index in [2.05, 4.69) is 21.2 Å². The van der Waals surface area contributed by atoms with Crippen LogP contribution < -0.4 is 21.7 Å². The van der Waals surface area contributed by atoms with Crippen molar-refractivity contribution in [2.24, 2.45) is 11.0 Å². The number of hydrogen-bond acceptors (Lipinski definition) is 13. The lowest BCUT2D eigenvalue weighted by Crippen LogP contribution is -2.71. The molecule has 3 fully saturated rings. The Bertz CT molecular complexity index is 1790. The van der Waals surface area contributed by atoms with Crippen LogP contribution in [0.15, 0.2) is 53.8 Å². The van der Waals surface area contributed by atoms with Crippen molar-refractivity contribution < 1.29 is 49.2 Å². The van der Waals surface area contributed by atoms with Gasteiger partial charge in [0.2, 0.25) is 23.6 Å². The van der Waals surface area contributed by atoms with Gasteiger partial charge in [-0.3, -0.25) is 19.2 Å². The van der Waals surface area contributed by atoms with Crippen molar-refractivity contribution in [3.63, 3.8) is 0 Å². The first-order chi connectivity index (χ1) is 24.3. The minimum absolute atomic E-state index is 0.0996. The van der Waals surface area contributed by atoms with Gasteiger partial charge in [0.15, 0.2) is 6.04 Å². The molecule has 0 aliphatic carbocycles. The Morgan fingerprint density at radius 2 is 1.31 bits per heavy atom. The maximum absolute atomic E-state index is 14.3. The number of carboxylic acid groups (broad SMARTS) is 2. The number of nitrogens with zero attached hydrogens (tertiary/aromatic N) is 3. The molecule has 3 aliphatic rings. The number of aromatic hydroxyl groups is 2. The zero-order valence-corrected chi connectivity index (χ0v) is 29.8. The zero-order chi connectivity index (χ0) is 38.4. The van der Waals surface area contributed by atoms with Gasteiger partial charge < -0.3 is 47.0 Å². The van der Waals surface area contributed by atoms with E-state index in [0.29, 0.717) is 5.01 Å². The third kappa shape index (κ3) is 7.04. The number of hydrogen-bond donors (Lipinski definition) is 8. The van der Waals surface area contributed by atoms with Gasteiger partial charge in [0.25, 0.3) is 0 Å². The van der Waals surface area contributed by atoms with E-state index in [4.69, 9.17) is 5.73 Å². The predicted octanol–water partition coefficient (Wildman–Crippen LogP) is 0.360. The lowest BCUT2D eigenvalue weighted by atomic mass is 9.95. The van der Waals surface area contributed by atoms with E-state index in [-0.39, 0.29) is 22.6 Å². The van der Waals surface area contributed by atoms with Crippen molar-refractivity contribution in [1.82, 2.24) is 25.9 Å². The van der Waals surface area contributed by atoms with Crippen molar-refractivity contribution in [1.29, 1.82) is 0 Å². The van der Waals surface area contributed by atoms with Crippen LogP contribution in [0.2, 0.25) is 0 Å². The van der Waals surface area contributed by atoms with Gasteiger partial charge in [-0.1, -0.05) is 24.3 Å². The molecule has 3 saturated heterocycles. The third-order valence-electron chi connectivity index (χ3n) is 9.08. The van der Waals surface area contributed by atoms with E-state index < -0.39 is 92.1 Å². The number of rotatable bonds is 12. The van der Waals surface area contributed by atoms with Crippen LogP contribution >= 0.6 is 23.5 Å². The number of thioether (sulfide) groups is 2. The molecule has 9 N–H and O–H groups in total. The number of β-lactam (4-membered cyclic amide) rings is 1. The summed E-state index contributed by atoms with van der Waals surface area (Å²) in [7, 11) is 0. The Balaban J connectivity index is 1.47. The first-order valence-electron chi connectivity index (χ1n) is 15.8. The molecule has 0 aromatic heterocycles. The van der Waals surface area contributed by atoms with E-state index in [1.807, 2.05) is 0 Å². The minimum atomic E-state index is -1.77. The van der Waals surface area contributed by atoms with E-state index in [9.17, 15) is 54.1 Å². The van der Waals surface area contributed by atoms with Crippen LogP contribution in [0.5, 0.6) is 11.5 Å². The minimum Gasteiger partial charge on any atom is -0.508 e. The largest absolute Gasteiger partial charge is 0.508 e. The highest BCUT2D eigenvalue weighted by atomic mass is 32.2. The average molecular weight is 760 g/mol. The lowest BCUT2D eigenvalue weighted by Gasteiger charge is -2.44. The maximum Gasteiger partial charge on any atom is 0.329 e. The number of carboxylic acids is 2. The molecule has 5 rings (SSSR count). The molecule has 0 spiro atoms. The molecular weight excluding hydrogens is 723 g/mol. The van der Waals surface area contributed by atoms with Gasteiger partial charge >= 0.3 is 11.9 Å². The molecule has 0 bridgehead atoms. The smallest absolute Gasteiger partial charge is 0.329 e. The van der Waals surface area contributed by atoms with E-state index >= 15 is 0 Å². The molecule has 0 saturated carbocycles. The van der Waals surface area contributed by atoms with Crippen molar-refractivity contribution in [3.8, 4) is 11.5 Å². The van der Waals surface area contributed by atoms with E-state index in [1.165, 1.54) is 79.0 Å². The number of amides is 4. The van der Waals surface area contributed by atoms with Crippen LogP contribution in [0.4, 0.5) is 0 Å². The summed E-state index contributed by atoms with van der Waals surface area (Å²) in [4.78, 5) is 92.5. The second-order valence-corrected chi connectivity index (χ2v) is 17.0. The van der Waals surface area contributed by atoms with Gasteiger partial charge in [0.05, 0.1) is 5.29 Å². The fraction of sp³-hybridized carbons (Fsp3) is 0.438. The summed E-state index contributed by atoms with van der Waals surface area (Å²) in [5, 5.41) is 48.3. The standard InChI is InChI=1S/C32H37N7O11S2/c1-31(2)21(29(46)47)38-26(45)20(27(38)51-31)36-24(43)18(14-7-11-16(41)12-8-14)34-25(44)19(28-39(37-50)22(30(48)49)32(3,4)52-28)35-23(42)17(33)13-5-9-15(40)10-6-13/h5-12,17-22,27-28,40-41H,33H2,1-4H3,(H,34,44)(H,35,42)(H,36,43)(H,46,47)(H,48,49)/t17-,18-,19-,20-,21+,22+,27-,28-/m1/s1. The van der Waals surface area contributed by atoms with Crippen LogP contribution in [0.25, 0.3) is 0 Å². The highest BCUT2D eigenvalue weighted by Gasteiger charge is 2.64. The fourth-order valence-corrected chi connectivity index (χ4v) is 9.72. The van der Waals surface area contributed by atoms with Gasteiger partial charge in [-0.05, 0) is 63.1 Å². The molecule has 20 heteroatoms. The monoisotopic (exact) mass is 759 g/mol. The molecule has 3 aliphatic heterocycles. The Kier molecular flexibility index (Phi) is 10.4. The quantitative estimate of drug-likeness (QED) is 0.107. The van der Waals surface area contributed by atoms with Crippen molar-refractivity contribution >= 4 is 59.1 Å². The molecule has 2 aromatic carbocycles. The molecule has 4 amide bonds. The number of fused-ring (bicyclic) bond motifs is 1. The van der Waals surface area contributed by atoms with E-state index in [1.54, 1.807) is 13.8 Å². The van der Waals surface area contributed by atoms with Crippen molar-refractivity contribution in [2.75, 3.05) is 0 Å². The number of phenolic OH excluding ortho intramolecular Hbond substituents is 2. The van der Waals surface area contributed by atoms with Gasteiger partial charge in [-0.2, -0.15) is 0 Å². The zero-order valence-electron chi connectivity index (χ0n) is 28.1. The molecule has 0 unspecified atom stereocenters. The summed E-state index contributed by atoms with van der Waals surface area (Å²) in [6, 6.07) is 1.84. The topological polar surface area (TPSA) is 281 Å². The van der Waals surface area contributed by atoms with Crippen LogP contribution in [0, 0.1) is 4.91 Å². The summed E-state index contributed by atoms with van der Waals surface area (Å²) >= 11 is 2.05. The molecule has 8 atom stereocenters. The summed E-state index contributed by atoms with van der Waals surface area (Å²) in [6.45, 7) is 6.35. The maximum atomic E-state index is 14.3. The number of phenols is 2. The number of carbonyl (C=O) groups is 6. The average Bonchev–Trinajstić information content (AvgIpc) is 3.51. The third-order valence-corrected chi connectivity index (χ3v) is 12.2. The lowest BCUT2D eigenvalue weighted by molar-refractivity contribution is -0.161. The van der Waals surface area contributed by atoms with E-state index in [0.717, 1.165) is 11.8 Å². The van der Waals surface area contributed by atoms with Crippen LogP contribution in [-0.4, -0.2) is 110 Å². The highest BCUT2D eigenvalue weighted by Crippen LogP contribution is 2.51. The number of aliphatic carboxylic acids is 2. The Morgan fingerprint density at radius 1 is 0.788 bits per heavy atom. The number of nitrogens with one attached hydrogen (secondary N) is 3. The van der Waals surface area contributed by atoms with Gasteiger partial charge in [0, 0.05) is 9.49 Å². The summed E-state index contributed by atoms with van der Waals surface area (Å²) in [6.07, 6.45) is 0. The van der Waals surface area contributed by atoms with Gasteiger partial charge in [0.1, 0.15) is 52.5 Å². The second-order valence-electron chi connectivity index (χ2n) is 13.5. The number of nitrogens with two attached hydrogens (primary N) is 1. The van der Waals surface area contributed by atoms with Gasteiger partial charge in [-0.15, -0.1) is 28.4 Å². The summed E-state index contributed by atoms with van der Waals surface area (Å²) in [5.41, 5.74) is 6.54.